The van der Waals surface area contributed by atoms with Crippen molar-refractivity contribution < 1.29 is 19.0 Å². The van der Waals surface area contributed by atoms with Gasteiger partial charge in [0.2, 0.25) is 5.91 Å². The summed E-state index contributed by atoms with van der Waals surface area (Å²) in [7, 11) is 1.60. The minimum Gasteiger partial charge on any atom is -0.497 e. The predicted molar refractivity (Wildman–Crippen MR) is 102 cm³/mol. The van der Waals surface area contributed by atoms with Gasteiger partial charge in [-0.25, -0.2) is 0 Å². The molecule has 0 saturated heterocycles. The molecule has 0 aromatic heterocycles. The van der Waals surface area contributed by atoms with Gasteiger partial charge in [0.25, 0.3) is 0 Å². The highest BCUT2D eigenvalue weighted by atomic mass is 16.5. The number of anilines is 1. The third-order valence-corrected chi connectivity index (χ3v) is 4.10. The van der Waals surface area contributed by atoms with Crippen LogP contribution in [0.25, 0.3) is 6.08 Å². The Bertz CT molecular complexity index is 812. The van der Waals surface area contributed by atoms with Crippen molar-refractivity contribution in [2.45, 2.75) is 26.4 Å². The zero-order chi connectivity index (χ0) is 18.5. The van der Waals surface area contributed by atoms with Crippen LogP contribution in [0.1, 0.15) is 25.0 Å². The van der Waals surface area contributed by atoms with E-state index in [0.717, 1.165) is 34.8 Å². The number of nitrogens with one attached hydrogen (secondary N) is 1. The van der Waals surface area contributed by atoms with E-state index in [1.165, 1.54) is 6.08 Å². The van der Waals surface area contributed by atoms with Crippen molar-refractivity contribution in [2.24, 2.45) is 0 Å². The molecule has 1 aliphatic rings. The van der Waals surface area contributed by atoms with Crippen LogP contribution in [0, 0.1) is 0 Å². The van der Waals surface area contributed by atoms with Crippen LogP contribution in [0.2, 0.25) is 0 Å². The number of benzene rings is 2. The molecular formula is C21H23NO4. The predicted octanol–water partition coefficient (Wildman–Crippen LogP) is 4.07. The van der Waals surface area contributed by atoms with Crippen molar-refractivity contribution in [3.05, 3.63) is 53.6 Å². The third-order valence-electron chi connectivity index (χ3n) is 4.10. The van der Waals surface area contributed by atoms with Crippen molar-refractivity contribution in [3.63, 3.8) is 0 Å². The summed E-state index contributed by atoms with van der Waals surface area (Å²) in [6.45, 7) is 4.54. The number of hydrogen-bond donors (Lipinski definition) is 1. The maximum atomic E-state index is 12.2. The Kier molecular flexibility index (Phi) is 5.46. The number of carbonyl (C=O) groups is 1. The smallest absolute Gasteiger partial charge is 0.248 e. The Morgan fingerprint density at radius 1 is 1.31 bits per heavy atom. The third kappa shape index (κ3) is 4.17. The van der Waals surface area contributed by atoms with Gasteiger partial charge < -0.3 is 19.5 Å². The molecule has 0 saturated carbocycles. The molecule has 1 N–H and O–H groups in total. The maximum Gasteiger partial charge on any atom is 0.248 e. The minimum atomic E-state index is -0.215. The largest absolute Gasteiger partial charge is 0.497 e. The number of hydrogen-bond acceptors (Lipinski definition) is 4. The first kappa shape index (κ1) is 17.9. The second kappa shape index (κ2) is 7.95. The van der Waals surface area contributed by atoms with E-state index in [2.05, 4.69) is 5.32 Å². The molecule has 136 valence electrons. The molecule has 1 amide bonds. The lowest BCUT2D eigenvalue weighted by atomic mass is 10.1. The molecule has 0 fully saturated rings. The summed E-state index contributed by atoms with van der Waals surface area (Å²) in [5.41, 5.74) is 2.67. The van der Waals surface area contributed by atoms with Gasteiger partial charge in [-0.1, -0.05) is 0 Å². The quantitative estimate of drug-likeness (QED) is 0.796. The molecule has 5 nitrogen and oxygen atoms in total. The molecule has 0 unspecified atom stereocenters. The maximum absolute atomic E-state index is 12.2. The molecule has 0 aliphatic carbocycles. The van der Waals surface area contributed by atoms with Gasteiger partial charge in [0, 0.05) is 29.3 Å². The first-order valence-electron chi connectivity index (χ1n) is 8.68. The fourth-order valence-corrected chi connectivity index (χ4v) is 2.89. The van der Waals surface area contributed by atoms with E-state index < -0.39 is 0 Å². The van der Waals surface area contributed by atoms with Crippen molar-refractivity contribution in [3.8, 4) is 17.2 Å². The number of amides is 1. The summed E-state index contributed by atoms with van der Waals surface area (Å²) in [6, 6.07) is 11.1. The molecule has 2 aromatic rings. The van der Waals surface area contributed by atoms with E-state index in [9.17, 15) is 4.79 Å². The van der Waals surface area contributed by atoms with Crippen LogP contribution in [0.5, 0.6) is 17.2 Å². The highest BCUT2D eigenvalue weighted by molar-refractivity contribution is 6.02. The standard InChI is InChI=1S/C21H23NO4/c1-4-25-19-13-16-11-14(2)26-20(16)12-15(19)5-10-21(23)22-17-6-8-18(24-3)9-7-17/h5-10,12-14H,4,11H2,1-3H3,(H,22,23)/b10-5+/t14-/m1/s1. The van der Waals surface area contributed by atoms with E-state index in [1.807, 2.05) is 26.0 Å². The second-order valence-corrected chi connectivity index (χ2v) is 6.11. The van der Waals surface area contributed by atoms with Gasteiger partial charge in [0.05, 0.1) is 13.7 Å². The van der Waals surface area contributed by atoms with Crippen LogP contribution in [-0.2, 0) is 11.2 Å². The first-order chi connectivity index (χ1) is 12.6. The molecular weight excluding hydrogens is 330 g/mol. The Balaban J connectivity index is 1.74. The summed E-state index contributed by atoms with van der Waals surface area (Å²) in [5.74, 6) is 2.15. The Morgan fingerprint density at radius 3 is 2.77 bits per heavy atom. The number of rotatable bonds is 6. The normalized spacial score (nSPS) is 15.4. The van der Waals surface area contributed by atoms with Gasteiger partial charge in [0.15, 0.2) is 0 Å². The molecule has 1 aliphatic heterocycles. The van der Waals surface area contributed by atoms with Crippen LogP contribution in [0.4, 0.5) is 5.69 Å². The summed E-state index contributed by atoms with van der Waals surface area (Å²) in [4.78, 5) is 12.2. The summed E-state index contributed by atoms with van der Waals surface area (Å²) >= 11 is 0. The highest BCUT2D eigenvalue weighted by Crippen LogP contribution is 2.35. The van der Waals surface area contributed by atoms with Crippen molar-refractivity contribution >= 4 is 17.7 Å². The monoisotopic (exact) mass is 353 g/mol. The van der Waals surface area contributed by atoms with Crippen LogP contribution < -0.4 is 19.5 Å². The van der Waals surface area contributed by atoms with Crippen molar-refractivity contribution in [2.75, 3.05) is 19.0 Å². The van der Waals surface area contributed by atoms with E-state index in [0.29, 0.717) is 12.3 Å². The molecule has 1 atom stereocenters. The Labute approximate surface area is 153 Å². The van der Waals surface area contributed by atoms with E-state index in [1.54, 1.807) is 37.5 Å². The molecule has 0 spiro atoms. The van der Waals surface area contributed by atoms with Gasteiger partial charge in [-0.15, -0.1) is 0 Å². The fraction of sp³-hybridized carbons (Fsp3) is 0.286. The number of fused-ring (bicyclic) bond motifs is 1. The molecule has 2 aromatic carbocycles. The molecule has 5 heteroatoms. The van der Waals surface area contributed by atoms with Gasteiger partial charge in [-0.3, -0.25) is 4.79 Å². The lowest BCUT2D eigenvalue weighted by Gasteiger charge is -2.10. The minimum absolute atomic E-state index is 0.164. The topological polar surface area (TPSA) is 56.8 Å². The molecule has 3 rings (SSSR count). The summed E-state index contributed by atoms with van der Waals surface area (Å²) < 4.78 is 16.6. The van der Waals surface area contributed by atoms with Gasteiger partial charge in [-0.05, 0) is 56.3 Å². The average molecular weight is 353 g/mol. The van der Waals surface area contributed by atoms with Crippen LogP contribution in [0.15, 0.2) is 42.5 Å². The summed E-state index contributed by atoms with van der Waals surface area (Å²) in [6.07, 6.45) is 4.28. The van der Waals surface area contributed by atoms with E-state index in [-0.39, 0.29) is 12.0 Å². The average Bonchev–Trinajstić information content (AvgIpc) is 2.99. The zero-order valence-electron chi connectivity index (χ0n) is 15.2. The zero-order valence-corrected chi connectivity index (χ0v) is 15.2. The van der Waals surface area contributed by atoms with Crippen LogP contribution in [0.3, 0.4) is 0 Å². The molecule has 1 heterocycles. The SMILES string of the molecule is CCOc1cc2c(cc1/C=C/C(=O)Nc1ccc(OC)cc1)O[C@H](C)C2. The van der Waals surface area contributed by atoms with Crippen molar-refractivity contribution in [1.82, 2.24) is 0 Å². The second-order valence-electron chi connectivity index (χ2n) is 6.11. The fourth-order valence-electron chi connectivity index (χ4n) is 2.89. The highest BCUT2D eigenvalue weighted by Gasteiger charge is 2.21. The van der Waals surface area contributed by atoms with E-state index >= 15 is 0 Å². The van der Waals surface area contributed by atoms with Crippen molar-refractivity contribution in [1.29, 1.82) is 0 Å². The lowest BCUT2D eigenvalue weighted by molar-refractivity contribution is -0.111. The Hall–Kier alpha value is -2.95. The number of ether oxygens (including phenoxy) is 3. The van der Waals surface area contributed by atoms with E-state index in [4.69, 9.17) is 14.2 Å². The molecule has 26 heavy (non-hydrogen) atoms. The van der Waals surface area contributed by atoms with Crippen LogP contribution in [-0.4, -0.2) is 25.7 Å². The van der Waals surface area contributed by atoms with Gasteiger partial charge in [0.1, 0.15) is 23.4 Å². The van der Waals surface area contributed by atoms with Gasteiger partial charge >= 0.3 is 0 Å². The number of methoxy groups -OCH3 is 1. The first-order valence-corrected chi connectivity index (χ1v) is 8.68. The molecule has 0 radical (unpaired) electrons. The number of carbonyl (C=O) groups excluding carboxylic acids is 1. The Morgan fingerprint density at radius 2 is 2.08 bits per heavy atom. The molecule has 0 bridgehead atoms. The van der Waals surface area contributed by atoms with Gasteiger partial charge in [-0.2, -0.15) is 0 Å². The van der Waals surface area contributed by atoms with Crippen LogP contribution >= 0.6 is 0 Å². The summed E-state index contributed by atoms with van der Waals surface area (Å²) in [5, 5.41) is 2.82. The lowest BCUT2D eigenvalue weighted by Crippen LogP contribution is -2.07.